The van der Waals surface area contributed by atoms with Gasteiger partial charge in [-0.15, -0.1) is 0 Å². The van der Waals surface area contributed by atoms with E-state index in [1.807, 2.05) is 13.8 Å². The highest BCUT2D eigenvalue weighted by Gasteiger charge is 2.32. The summed E-state index contributed by atoms with van der Waals surface area (Å²) in [4.78, 5) is 41.2. The molecule has 172 valence electrons. The molecule has 2 heterocycles. The number of hydrogen-bond donors (Lipinski definition) is 1. The number of thioether (sulfide) groups is 1. The van der Waals surface area contributed by atoms with E-state index in [0.717, 1.165) is 17.3 Å². The molecular formula is C24H19N3O6S. The van der Waals surface area contributed by atoms with Gasteiger partial charge in [0, 0.05) is 30.3 Å². The van der Waals surface area contributed by atoms with Crippen molar-refractivity contribution in [3.8, 4) is 11.3 Å². The second-order valence-corrected chi connectivity index (χ2v) is 8.38. The standard InChI is InChI=1S/C24H19N3O6S/c1-3-26-22(28)21(34-24(26)25-16-6-4-5-15(11-16)23(29)30)13-18-9-10-20(33-18)19-12-17(27(31)32)8-7-14(19)2/h4-13H,3H2,1-2H3,(H,29,30)/b21-13+,25-24?. The fraction of sp³-hybridized carbons (Fsp3) is 0.125. The van der Waals surface area contributed by atoms with Gasteiger partial charge in [0.1, 0.15) is 11.5 Å². The molecule has 0 aliphatic carbocycles. The number of carbonyl (C=O) groups excluding carboxylic acids is 1. The third-order valence-electron chi connectivity index (χ3n) is 5.12. The number of non-ortho nitro benzene ring substituents is 1. The maximum atomic E-state index is 12.9. The van der Waals surface area contributed by atoms with E-state index in [2.05, 4.69) is 4.99 Å². The average molecular weight is 477 g/mol. The van der Waals surface area contributed by atoms with Crippen LogP contribution in [0.4, 0.5) is 11.4 Å². The normalized spacial score (nSPS) is 15.9. The van der Waals surface area contributed by atoms with E-state index in [4.69, 9.17) is 4.42 Å². The van der Waals surface area contributed by atoms with Crippen LogP contribution in [0.25, 0.3) is 17.4 Å². The predicted octanol–water partition coefficient (Wildman–Crippen LogP) is 5.49. The molecule has 1 aromatic heterocycles. The van der Waals surface area contributed by atoms with Crippen LogP contribution >= 0.6 is 11.8 Å². The van der Waals surface area contributed by atoms with Crippen LogP contribution in [0, 0.1) is 17.0 Å². The van der Waals surface area contributed by atoms with Crippen molar-refractivity contribution in [2.75, 3.05) is 6.54 Å². The van der Waals surface area contributed by atoms with Crippen LogP contribution in [-0.2, 0) is 4.79 Å². The second-order valence-electron chi connectivity index (χ2n) is 7.37. The zero-order chi connectivity index (χ0) is 24.4. The molecule has 34 heavy (non-hydrogen) atoms. The molecule has 9 nitrogen and oxygen atoms in total. The summed E-state index contributed by atoms with van der Waals surface area (Å²) in [5, 5.41) is 20.7. The molecule has 0 saturated carbocycles. The summed E-state index contributed by atoms with van der Waals surface area (Å²) in [5.41, 5.74) is 1.91. The highest BCUT2D eigenvalue weighted by Crippen LogP contribution is 2.35. The summed E-state index contributed by atoms with van der Waals surface area (Å²) in [7, 11) is 0. The Morgan fingerprint density at radius 3 is 2.74 bits per heavy atom. The molecule has 4 rings (SSSR count). The molecule has 10 heteroatoms. The Kier molecular flexibility index (Phi) is 6.33. The lowest BCUT2D eigenvalue weighted by atomic mass is 10.1. The molecule has 1 N–H and O–H groups in total. The number of nitro benzene ring substituents is 1. The number of rotatable bonds is 6. The number of carboxylic acid groups (broad SMARTS) is 1. The van der Waals surface area contributed by atoms with E-state index in [-0.39, 0.29) is 17.2 Å². The molecule has 1 aliphatic rings. The number of nitrogens with zero attached hydrogens (tertiary/aromatic N) is 3. The van der Waals surface area contributed by atoms with Gasteiger partial charge in [-0.25, -0.2) is 9.79 Å². The number of aliphatic imine (C=N–C) groups is 1. The van der Waals surface area contributed by atoms with E-state index in [9.17, 15) is 24.8 Å². The first kappa shape index (κ1) is 23.0. The molecule has 1 fully saturated rings. The van der Waals surface area contributed by atoms with E-state index >= 15 is 0 Å². The molecule has 1 amide bonds. The molecule has 2 aromatic carbocycles. The fourth-order valence-electron chi connectivity index (χ4n) is 3.38. The van der Waals surface area contributed by atoms with Gasteiger partial charge in [0.15, 0.2) is 5.17 Å². The number of aromatic carboxylic acids is 1. The van der Waals surface area contributed by atoms with E-state index in [1.54, 1.807) is 36.4 Å². The first-order valence-electron chi connectivity index (χ1n) is 10.3. The number of nitro groups is 1. The lowest BCUT2D eigenvalue weighted by molar-refractivity contribution is -0.384. The molecule has 0 unspecified atom stereocenters. The second kappa shape index (κ2) is 9.36. The number of aryl methyl sites for hydroxylation is 1. The third kappa shape index (κ3) is 4.62. The van der Waals surface area contributed by atoms with Gasteiger partial charge in [0.2, 0.25) is 0 Å². The Labute approximate surface area is 198 Å². The molecule has 1 aliphatic heterocycles. The van der Waals surface area contributed by atoms with Crippen LogP contribution in [0.15, 0.2) is 68.9 Å². The Balaban J connectivity index is 1.64. The van der Waals surface area contributed by atoms with Crippen molar-refractivity contribution in [2.45, 2.75) is 13.8 Å². The zero-order valence-electron chi connectivity index (χ0n) is 18.2. The summed E-state index contributed by atoms with van der Waals surface area (Å²) in [5.74, 6) is -0.431. The first-order valence-corrected chi connectivity index (χ1v) is 11.1. The van der Waals surface area contributed by atoms with Crippen LogP contribution in [0.5, 0.6) is 0 Å². The van der Waals surface area contributed by atoms with Gasteiger partial charge in [-0.1, -0.05) is 12.1 Å². The van der Waals surface area contributed by atoms with E-state index in [0.29, 0.717) is 39.4 Å². The van der Waals surface area contributed by atoms with Crippen molar-refractivity contribution >= 4 is 46.3 Å². The van der Waals surface area contributed by atoms with Gasteiger partial charge >= 0.3 is 5.97 Å². The van der Waals surface area contributed by atoms with Crippen molar-refractivity contribution in [1.29, 1.82) is 0 Å². The highest BCUT2D eigenvalue weighted by molar-refractivity contribution is 8.18. The number of carboxylic acids is 1. The van der Waals surface area contributed by atoms with Crippen molar-refractivity contribution in [2.24, 2.45) is 4.99 Å². The highest BCUT2D eigenvalue weighted by atomic mass is 32.2. The number of likely N-dealkylation sites (N-methyl/N-ethyl adjacent to an activating group) is 1. The van der Waals surface area contributed by atoms with Gasteiger partial charge in [-0.05, 0) is 61.5 Å². The smallest absolute Gasteiger partial charge is 0.335 e. The monoisotopic (exact) mass is 477 g/mol. The summed E-state index contributed by atoms with van der Waals surface area (Å²) < 4.78 is 5.87. The molecule has 0 spiro atoms. The van der Waals surface area contributed by atoms with E-state index in [1.165, 1.54) is 29.2 Å². The van der Waals surface area contributed by atoms with Crippen LogP contribution in [0.2, 0.25) is 0 Å². The van der Waals surface area contributed by atoms with Gasteiger partial charge in [0.25, 0.3) is 11.6 Å². The minimum absolute atomic E-state index is 0.0372. The molecule has 0 bridgehead atoms. The molecule has 0 radical (unpaired) electrons. The Bertz CT molecular complexity index is 1370. The SMILES string of the molecule is CCN1C(=O)/C(=C\c2ccc(-c3cc([N+](=O)[O-])ccc3C)o2)SC1=Nc1cccc(C(=O)O)c1. The van der Waals surface area contributed by atoms with Crippen molar-refractivity contribution < 1.29 is 24.0 Å². The van der Waals surface area contributed by atoms with Crippen LogP contribution in [0.3, 0.4) is 0 Å². The van der Waals surface area contributed by atoms with Crippen LogP contribution < -0.4 is 0 Å². The van der Waals surface area contributed by atoms with Crippen molar-refractivity contribution in [1.82, 2.24) is 4.90 Å². The Morgan fingerprint density at radius 2 is 2.03 bits per heavy atom. The number of hydrogen-bond acceptors (Lipinski definition) is 7. The Morgan fingerprint density at radius 1 is 1.24 bits per heavy atom. The maximum absolute atomic E-state index is 12.9. The summed E-state index contributed by atoms with van der Waals surface area (Å²) in [6.45, 7) is 4.04. The van der Waals surface area contributed by atoms with Crippen LogP contribution in [-0.4, -0.2) is 38.5 Å². The van der Waals surface area contributed by atoms with Gasteiger partial charge in [-0.2, -0.15) is 0 Å². The number of furan rings is 1. The largest absolute Gasteiger partial charge is 0.478 e. The van der Waals surface area contributed by atoms with Crippen LogP contribution in [0.1, 0.15) is 28.6 Å². The molecular weight excluding hydrogens is 458 g/mol. The summed E-state index contributed by atoms with van der Waals surface area (Å²) in [6.07, 6.45) is 1.60. The quantitative estimate of drug-likeness (QED) is 0.283. The topological polar surface area (TPSA) is 126 Å². The van der Waals surface area contributed by atoms with Gasteiger partial charge in [-0.3, -0.25) is 19.8 Å². The minimum Gasteiger partial charge on any atom is -0.478 e. The van der Waals surface area contributed by atoms with Crippen molar-refractivity contribution in [3.05, 3.63) is 86.5 Å². The summed E-state index contributed by atoms with van der Waals surface area (Å²) in [6, 6.07) is 14.1. The van der Waals surface area contributed by atoms with Gasteiger partial charge in [0.05, 0.1) is 21.1 Å². The first-order chi connectivity index (χ1) is 16.3. The predicted molar refractivity (Wildman–Crippen MR) is 129 cm³/mol. The van der Waals surface area contributed by atoms with Gasteiger partial charge < -0.3 is 9.52 Å². The Hall–Kier alpha value is -4.18. The molecule has 1 saturated heterocycles. The average Bonchev–Trinajstić information content (AvgIpc) is 3.38. The fourth-order valence-corrected chi connectivity index (χ4v) is 4.43. The number of benzene rings is 2. The minimum atomic E-state index is -1.06. The molecule has 3 aromatic rings. The van der Waals surface area contributed by atoms with E-state index < -0.39 is 10.9 Å². The lowest BCUT2D eigenvalue weighted by Crippen LogP contribution is -2.28. The van der Waals surface area contributed by atoms with Crippen molar-refractivity contribution in [3.63, 3.8) is 0 Å². The summed E-state index contributed by atoms with van der Waals surface area (Å²) >= 11 is 1.16. The number of amides is 1. The lowest BCUT2D eigenvalue weighted by Gasteiger charge is -2.12. The maximum Gasteiger partial charge on any atom is 0.335 e. The third-order valence-corrected chi connectivity index (χ3v) is 6.13. The number of amidine groups is 1. The number of carbonyl (C=O) groups is 2. The molecule has 0 atom stereocenters. The zero-order valence-corrected chi connectivity index (χ0v) is 19.0.